The summed E-state index contributed by atoms with van der Waals surface area (Å²) in [5.41, 5.74) is 1.15. The van der Waals surface area contributed by atoms with Gasteiger partial charge in [-0.25, -0.2) is 0 Å². The predicted octanol–water partition coefficient (Wildman–Crippen LogP) is 0.562. The quantitative estimate of drug-likeness (QED) is 0.154. The van der Waals surface area contributed by atoms with Gasteiger partial charge >= 0.3 is 51.4 Å². The van der Waals surface area contributed by atoms with Gasteiger partial charge in [0.2, 0.25) is 10.1 Å². The number of ether oxygens (including phenoxy) is 3. The van der Waals surface area contributed by atoms with Crippen LogP contribution in [0.5, 0.6) is 17.2 Å². The smallest absolute Gasteiger partial charge is 0.618 e. The van der Waals surface area contributed by atoms with Crippen molar-refractivity contribution in [3.63, 3.8) is 0 Å². The molecule has 0 spiro atoms. The number of rotatable bonds is 5. The molecule has 0 fully saturated rings. The van der Waals surface area contributed by atoms with E-state index >= 15 is 0 Å². The van der Waals surface area contributed by atoms with Crippen molar-refractivity contribution in [2.75, 3.05) is 14.2 Å². The third-order valence-corrected chi connectivity index (χ3v) is 3.15. The van der Waals surface area contributed by atoms with E-state index < -0.39 is 0 Å². The molecule has 2 aromatic rings. The zero-order valence-electron chi connectivity index (χ0n) is 13.6. The molecule has 0 aromatic heterocycles. The van der Waals surface area contributed by atoms with E-state index in [-0.39, 0.29) is 55.8 Å². The Kier molecular flexibility index (Phi) is 9.28. The molecule has 0 N–H and O–H groups in total. The molecule has 0 atom stereocenters. The minimum Gasteiger partial charge on any atom is -0.618 e. The molecule has 5 nitrogen and oxygen atoms in total. The van der Waals surface area contributed by atoms with Crippen LogP contribution in [0.4, 0.5) is 5.69 Å². The van der Waals surface area contributed by atoms with Gasteiger partial charge < -0.3 is 19.4 Å². The van der Waals surface area contributed by atoms with Gasteiger partial charge in [-0.15, -0.1) is 0 Å². The first kappa shape index (κ1) is 21.4. The Bertz CT molecular complexity index is 735. The van der Waals surface area contributed by atoms with Gasteiger partial charge in [0.15, 0.2) is 17.7 Å². The Morgan fingerprint density at radius 3 is 2.29 bits per heavy atom. The van der Waals surface area contributed by atoms with Gasteiger partial charge in [0.25, 0.3) is 0 Å². The first-order valence-corrected chi connectivity index (χ1v) is 7.43. The van der Waals surface area contributed by atoms with Crippen molar-refractivity contribution in [2.24, 2.45) is 0 Å². The van der Waals surface area contributed by atoms with Crippen molar-refractivity contribution in [3.05, 3.63) is 53.2 Å². The van der Waals surface area contributed by atoms with E-state index in [1.807, 2.05) is 0 Å². The third kappa shape index (κ3) is 6.03. The first-order chi connectivity index (χ1) is 11.0. The molecular weight excluding hydrogens is 373 g/mol. The predicted molar refractivity (Wildman–Crippen MR) is 96.7 cm³/mol. The minimum atomic E-state index is 0. The van der Waals surface area contributed by atoms with Gasteiger partial charge in [-0.1, -0.05) is 12.6 Å². The monoisotopic (exact) mass is 388 g/mol. The SMILES string of the molecule is COc1ccc(/[N+]([O-])=C/c2ccc(OC(=S)S)c(OC)c2)cc1.[K+]. The van der Waals surface area contributed by atoms with E-state index in [2.05, 4.69) is 12.6 Å². The van der Waals surface area contributed by atoms with Gasteiger partial charge in [-0.05, 0) is 42.5 Å². The Hall–Kier alpha value is -0.614. The van der Waals surface area contributed by atoms with Crippen molar-refractivity contribution in [2.45, 2.75) is 0 Å². The fourth-order valence-electron chi connectivity index (χ4n) is 1.88. The van der Waals surface area contributed by atoms with Crippen LogP contribution < -0.4 is 65.6 Å². The van der Waals surface area contributed by atoms with Crippen LogP contribution in [0.15, 0.2) is 42.5 Å². The number of thiol groups is 1. The topological polar surface area (TPSA) is 53.8 Å². The summed E-state index contributed by atoms with van der Waals surface area (Å²) >= 11 is 8.70. The summed E-state index contributed by atoms with van der Waals surface area (Å²) in [7, 11) is 3.08. The van der Waals surface area contributed by atoms with E-state index in [0.29, 0.717) is 28.5 Å². The summed E-state index contributed by atoms with van der Waals surface area (Å²) in [6.45, 7) is 0. The van der Waals surface area contributed by atoms with E-state index in [4.69, 9.17) is 26.4 Å². The molecule has 0 saturated heterocycles. The van der Waals surface area contributed by atoms with Crippen molar-refractivity contribution in [3.8, 4) is 17.2 Å². The summed E-state index contributed by atoms with van der Waals surface area (Å²) in [5, 5.41) is 12.2. The van der Waals surface area contributed by atoms with E-state index in [1.165, 1.54) is 13.3 Å². The number of thiocarbonyl (C=S) groups is 1. The second kappa shape index (κ2) is 10.4. The Labute approximate surface area is 194 Å². The molecule has 2 aromatic carbocycles. The average molecular weight is 389 g/mol. The zero-order valence-corrected chi connectivity index (χ0v) is 18.4. The molecule has 0 aliphatic rings. The van der Waals surface area contributed by atoms with Crippen LogP contribution in [0.3, 0.4) is 0 Å². The zero-order chi connectivity index (χ0) is 16.8. The summed E-state index contributed by atoms with van der Waals surface area (Å²) < 4.78 is 16.4. The van der Waals surface area contributed by atoms with Crippen molar-refractivity contribution >= 4 is 41.1 Å². The molecular formula is C16H15KNO4S2+. The van der Waals surface area contributed by atoms with Gasteiger partial charge in [-0.3, -0.25) is 0 Å². The normalized spacial score (nSPS) is 10.5. The van der Waals surface area contributed by atoms with Crippen LogP contribution in [0.2, 0.25) is 0 Å². The molecule has 8 heteroatoms. The number of benzene rings is 2. The first-order valence-electron chi connectivity index (χ1n) is 6.57. The minimum absolute atomic E-state index is 0. The van der Waals surface area contributed by atoms with E-state index in [1.54, 1.807) is 49.6 Å². The maximum Gasteiger partial charge on any atom is 1.00 e. The molecule has 120 valence electrons. The Balaban J connectivity index is 0.00000288. The van der Waals surface area contributed by atoms with Crippen molar-refractivity contribution in [1.82, 2.24) is 0 Å². The molecule has 2 rings (SSSR count). The summed E-state index contributed by atoms with van der Waals surface area (Å²) in [5.74, 6) is 1.58. The van der Waals surface area contributed by atoms with Crippen LogP contribution in [0, 0.1) is 5.21 Å². The second-order valence-corrected chi connectivity index (χ2v) is 5.51. The fraction of sp³-hybridized carbons (Fsp3) is 0.125. The van der Waals surface area contributed by atoms with Crippen LogP contribution in [0.1, 0.15) is 5.56 Å². The summed E-state index contributed by atoms with van der Waals surface area (Å²) in [6.07, 6.45) is 1.44. The largest absolute Gasteiger partial charge is 1.00 e. The number of nitrogens with zero attached hydrogens (tertiary/aromatic N) is 1. The Morgan fingerprint density at radius 1 is 1.08 bits per heavy atom. The van der Waals surface area contributed by atoms with Crippen LogP contribution in [0.25, 0.3) is 0 Å². The van der Waals surface area contributed by atoms with Crippen LogP contribution >= 0.6 is 24.8 Å². The number of methoxy groups -OCH3 is 2. The summed E-state index contributed by atoms with van der Waals surface area (Å²) in [6, 6.07) is 11.9. The molecule has 0 saturated carbocycles. The molecule has 0 radical (unpaired) electrons. The van der Waals surface area contributed by atoms with Crippen molar-refractivity contribution in [1.29, 1.82) is 0 Å². The molecule has 24 heavy (non-hydrogen) atoms. The van der Waals surface area contributed by atoms with Crippen LogP contribution in [-0.2, 0) is 0 Å². The molecule has 0 aliphatic heterocycles. The molecule has 0 aliphatic carbocycles. The molecule has 0 unspecified atom stereocenters. The molecule has 0 bridgehead atoms. The maximum absolute atomic E-state index is 12.2. The van der Waals surface area contributed by atoms with Crippen LogP contribution in [-0.4, -0.2) is 29.6 Å². The average Bonchev–Trinajstić information content (AvgIpc) is 2.55. The standard InChI is InChI=1S/C16H15NO4S2.K/c1-19-13-6-4-12(5-7-13)17(18)10-11-3-8-14(21-16(22)23)15(9-11)20-2;/h3-10H,1-2H3,(H,22,23);/q;+1/b17-10-;. The molecule has 0 amide bonds. The Morgan fingerprint density at radius 2 is 1.75 bits per heavy atom. The number of hydrogen-bond donors (Lipinski definition) is 1. The van der Waals surface area contributed by atoms with Gasteiger partial charge in [-0.2, -0.15) is 4.74 Å². The molecule has 0 heterocycles. The second-order valence-electron chi connectivity index (χ2n) is 4.43. The van der Waals surface area contributed by atoms with E-state index in [9.17, 15) is 5.21 Å². The summed E-state index contributed by atoms with van der Waals surface area (Å²) in [4.78, 5) is 0. The van der Waals surface area contributed by atoms with Gasteiger partial charge in [0, 0.05) is 17.7 Å². The van der Waals surface area contributed by atoms with Gasteiger partial charge in [0.1, 0.15) is 5.75 Å². The fourth-order valence-corrected chi connectivity index (χ4v) is 2.07. The van der Waals surface area contributed by atoms with Crippen molar-refractivity contribution < 1.29 is 70.3 Å². The number of hydrogen-bond acceptors (Lipinski definition) is 5. The van der Waals surface area contributed by atoms with Gasteiger partial charge in [0.05, 0.1) is 14.2 Å². The van der Waals surface area contributed by atoms with E-state index in [0.717, 1.165) is 4.74 Å². The third-order valence-electron chi connectivity index (χ3n) is 2.98. The maximum atomic E-state index is 12.2.